The van der Waals surface area contributed by atoms with Crippen LogP contribution in [0.2, 0.25) is 0 Å². The van der Waals surface area contributed by atoms with Gasteiger partial charge < -0.3 is 10.1 Å². The predicted octanol–water partition coefficient (Wildman–Crippen LogP) is 3.00. The van der Waals surface area contributed by atoms with Gasteiger partial charge in [-0.3, -0.25) is 0 Å². The molecular formula is C14H27NO. The van der Waals surface area contributed by atoms with E-state index in [-0.39, 0.29) is 0 Å². The molecule has 0 unspecified atom stereocenters. The van der Waals surface area contributed by atoms with Gasteiger partial charge in [-0.15, -0.1) is 0 Å². The highest BCUT2D eigenvalue weighted by molar-refractivity contribution is 4.85. The maximum absolute atomic E-state index is 5.35. The fraction of sp³-hybridized carbons (Fsp3) is 0.857. The number of hydrogen-bond acceptors (Lipinski definition) is 2. The third-order valence-electron chi connectivity index (χ3n) is 3.02. The zero-order valence-corrected chi connectivity index (χ0v) is 10.9. The maximum atomic E-state index is 5.35. The summed E-state index contributed by atoms with van der Waals surface area (Å²) in [5.74, 6) is 1.62. The molecule has 1 rings (SSSR count). The molecule has 0 atom stereocenters. The lowest BCUT2D eigenvalue weighted by Gasteiger charge is -2.20. The topological polar surface area (TPSA) is 21.3 Å². The first kappa shape index (κ1) is 13.7. The van der Waals surface area contributed by atoms with Crippen molar-refractivity contribution in [3.05, 3.63) is 12.2 Å². The summed E-state index contributed by atoms with van der Waals surface area (Å²) in [7, 11) is 0. The Morgan fingerprint density at radius 1 is 1.25 bits per heavy atom. The summed E-state index contributed by atoms with van der Waals surface area (Å²) in [4.78, 5) is 0. The van der Waals surface area contributed by atoms with E-state index in [4.69, 9.17) is 4.74 Å². The summed E-state index contributed by atoms with van der Waals surface area (Å²) < 4.78 is 5.35. The summed E-state index contributed by atoms with van der Waals surface area (Å²) in [6, 6.07) is 0. The normalized spacial score (nSPS) is 18.7. The molecule has 16 heavy (non-hydrogen) atoms. The highest BCUT2D eigenvalue weighted by Crippen LogP contribution is 2.18. The zero-order chi connectivity index (χ0) is 11.6. The predicted molar refractivity (Wildman–Crippen MR) is 69.6 cm³/mol. The Balaban J connectivity index is 1.91. The molecule has 2 heteroatoms. The van der Waals surface area contributed by atoms with Crippen molar-refractivity contribution in [3.63, 3.8) is 0 Å². The first-order valence-electron chi connectivity index (χ1n) is 6.72. The minimum absolute atomic E-state index is 0.756. The van der Waals surface area contributed by atoms with Crippen LogP contribution in [0.1, 0.15) is 39.5 Å². The van der Waals surface area contributed by atoms with Gasteiger partial charge in [0.1, 0.15) is 0 Å². The number of ether oxygens (including phenoxy) is 1. The lowest BCUT2D eigenvalue weighted by Crippen LogP contribution is -2.20. The van der Waals surface area contributed by atoms with Crippen molar-refractivity contribution >= 4 is 0 Å². The molecule has 0 aromatic carbocycles. The fourth-order valence-corrected chi connectivity index (χ4v) is 1.96. The molecule has 0 aliphatic carbocycles. The number of allylic oxidation sites excluding steroid dienone is 1. The van der Waals surface area contributed by atoms with E-state index in [1.54, 1.807) is 0 Å². The van der Waals surface area contributed by atoms with Crippen LogP contribution in [0.4, 0.5) is 0 Å². The molecule has 94 valence electrons. The Kier molecular flexibility index (Phi) is 7.52. The monoisotopic (exact) mass is 225 g/mol. The Labute approximate surface area is 100 Å². The van der Waals surface area contributed by atoms with Gasteiger partial charge in [0.25, 0.3) is 0 Å². The molecule has 0 radical (unpaired) electrons. The Bertz CT molecular complexity index is 183. The third-order valence-corrected chi connectivity index (χ3v) is 3.02. The van der Waals surface area contributed by atoms with Crippen molar-refractivity contribution in [2.45, 2.75) is 39.5 Å². The van der Waals surface area contributed by atoms with Crippen molar-refractivity contribution in [1.82, 2.24) is 5.32 Å². The zero-order valence-electron chi connectivity index (χ0n) is 10.9. The third kappa shape index (κ3) is 7.02. The molecule has 0 spiro atoms. The van der Waals surface area contributed by atoms with Crippen LogP contribution in [0.5, 0.6) is 0 Å². The SMILES string of the molecule is CC(C)CNCCC=CCC1CCOCC1. The number of rotatable bonds is 7. The molecule has 1 saturated heterocycles. The van der Waals surface area contributed by atoms with Gasteiger partial charge in [0, 0.05) is 13.2 Å². The molecule has 0 aromatic heterocycles. The standard InChI is InChI=1S/C14H27NO/c1-13(2)12-15-9-5-3-4-6-14-7-10-16-11-8-14/h3-4,13-15H,5-12H2,1-2H3. The van der Waals surface area contributed by atoms with Gasteiger partial charge in [-0.25, -0.2) is 0 Å². The molecule has 1 N–H and O–H groups in total. The molecule has 1 heterocycles. The van der Waals surface area contributed by atoms with Crippen LogP contribution in [0.25, 0.3) is 0 Å². The van der Waals surface area contributed by atoms with Crippen LogP contribution < -0.4 is 5.32 Å². The summed E-state index contributed by atoms with van der Waals surface area (Å²) in [6.45, 7) is 8.67. The van der Waals surface area contributed by atoms with Gasteiger partial charge in [0.2, 0.25) is 0 Å². The molecule has 1 fully saturated rings. The largest absolute Gasteiger partial charge is 0.381 e. The molecular weight excluding hydrogens is 198 g/mol. The first-order valence-corrected chi connectivity index (χ1v) is 6.72. The minimum Gasteiger partial charge on any atom is -0.381 e. The Morgan fingerprint density at radius 3 is 2.69 bits per heavy atom. The molecule has 2 nitrogen and oxygen atoms in total. The Hall–Kier alpha value is -0.340. The van der Waals surface area contributed by atoms with Crippen molar-refractivity contribution in [3.8, 4) is 0 Å². The molecule has 0 aromatic rings. The van der Waals surface area contributed by atoms with E-state index < -0.39 is 0 Å². The number of hydrogen-bond donors (Lipinski definition) is 1. The van der Waals surface area contributed by atoms with Crippen LogP contribution in [-0.4, -0.2) is 26.3 Å². The molecule has 1 aliphatic heterocycles. The van der Waals surface area contributed by atoms with E-state index >= 15 is 0 Å². The second-order valence-corrected chi connectivity index (χ2v) is 5.15. The molecule has 0 bridgehead atoms. The van der Waals surface area contributed by atoms with Crippen LogP contribution in [0, 0.1) is 11.8 Å². The smallest absolute Gasteiger partial charge is 0.0468 e. The average Bonchev–Trinajstić information content (AvgIpc) is 2.29. The van der Waals surface area contributed by atoms with Crippen LogP contribution >= 0.6 is 0 Å². The number of nitrogens with one attached hydrogen (secondary N) is 1. The summed E-state index contributed by atoms with van der Waals surface area (Å²) >= 11 is 0. The fourth-order valence-electron chi connectivity index (χ4n) is 1.96. The van der Waals surface area contributed by atoms with E-state index in [0.29, 0.717) is 0 Å². The van der Waals surface area contributed by atoms with Gasteiger partial charge in [-0.05, 0) is 50.6 Å². The van der Waals surface area contributed by atoms with Crippen LogP contribution in [0.3, 0.4) is 0 Å². The van der Waals surface area contributed by atoms with E-state index in [1.807, 2.05) is 0 Å². The van der Waals surface area contributed by atoms with Crippen LogP contribution in [0.15, 0.2) is 12.2 Å². The van der Waals surface area contributed by atoms with Gasteiger partial charge in [-0.2, -0.15) is 0 Å². The summed E-state index contributed by atoms with van der Waals surface area (Å²) in [6.07, 6.45) is 9.57. The quantitative estimate of drug-likeness (QED) is 0.531. The Morgan fingerprint density at radius 2 is 2.00 bits per heavy atom. The van der Waals surface area contributed by atoms with E-state index in [2.05, 4.69) is 31.3 Å². The lowest BCUT2D eigenvalue weighted by atomic mass is 9.96. The van der Waals surface area contributed by atoms with Crippen molar-refractivity contribution in [1.29, 1.82) is 0 Å². The summed E-state index contributed by atoms with van der Waals surface area (Å²) in [5, 5.41) is 3.45. The van der Waals surface area contributed by atoms with Crippen molar-refractivity contribution < 1.29 is 4.74 Å². The lowest BCUT2D eigenvalue weighted by molar-refractivity contribution is 0.0672. The van der Waals surface area contributed by atoms with Crippen LogP contribution in [-0.2, 0) is 4.74 Å². The first-order chi connectivity index (χ1) is 7.79. The minimum atomic E-state index is 0.756. The van der Waals surface area contributed by atoms with Gasteiger partial charge in [0.05, 0.1) is 0 Å². The van der Waals surface area contributed by atoms with E-state index in [0.717, 1.165) is 44.6 Å². The van der Waals surface area contributed by atoms with E-state index in [1.165, 1.54) is 19.3 Å². The summed E-state index contributed by atoms with van der Waals surface area (Å²) in [5.41, 5.74) is 0. The maximum Gasteiger partial charge on any atom is 0.0468 e. The highest BCUT2D eigenvalue weighted by Gasteiger charge is 2.11. The van der Waals surface area contributed by atoms with Gasteiger partial charge in [0.15, 0.2) is 0 Å². The second-order valence-electron chi connectivity index (χ2n) is 5.15. The molecule has 0 amide bonds. The second kappa shape index (κ2) is 8.77. The van der Waals surface area contributed by atoms with Gasteiger partial charge in [-0.1, -0.05) is 26.0 Å². The highest BCUT2D eigenvalue weighted by atomic mass is 16.5. The van der Waals surface area contributed by atoms with Crippen molar-refractivity contribution in [2.75, 3.05) is 26.3 Å². The molecule has 1 aliphatic rings. The molecule has 0 saturated carbocycles. The van der Waals surface area contributed by atoms with E-state index in [9.17, 15) is 0 Å². The average molecular weight is 225 g/mol. The van der Waals surface area contributed by atoms with Gasteiger partial charge >= 0.3 is 0 Å². The van der Waals surface area contributed by atoms with Crippen molar-refractivity contribution in [2.24, 2.45) is 11.8 Å².